The average Bonchev–Trinajstić information content (AvgIpc) is 2.07. The van der Waals surface area contributed by atoms with Gasteiger partial charge in [-0.1, -0.05) is 5.92 Å². The summed E-state index contributed by atoms with van der Waals surface area (Å²) in [6.45, 7) is 0. The van der Waals surface area contributed by atoms with Crippen LogP contribution in [0, 0.1) is 23.2 Å². The molecule has 2 nitrogen and oxygen atoms in total. The molecule has 1 aromatic rings. The molecule has 0 heterocycles. The first-order valence-corrected chi connectivity index (χ1v) is 3.98. The molecule has 58 valence electrons. The zero-order valence-corrected chi connectivity index (χ0v) is 7.72. The molecule has 0 saturated carbocycles. The van der Waals surface area contributed by atoms with Gasteiger partial charge in [-0.2, -0.15) is 5.26 Å². The number of anilines is 1. The average molecular weight is 221 g/mol. The van der Waals surface area contributed by atoms with E-state index in [1.54, 1.807) is 24.3 Å². The van der Waals surface area contributed by atoms with Gasteiger partial charge in [-0.05, 0) is 34.1 Å². The second-order valence-corrected chi connectivity index (χ2v) is 2.95. The highest BCUT2D eigenvalue weighted by atomic mass is 79.9. The Bertz CT molecular complexity index is 393. The fraction of sp³-hybridized carbons (Fsp3) is 0. The van der Waals surface area contributed by atoms with Gasteiger partial charge in [-0.3, -0.25) is 0 Å². The predicted molar refractivity (Wildman–Crippen MR) is 51.0 cm³/mol. The summed E-state index contributed by atoms with van der Waals surface area (Å²) in [5.74, 6) is 4.97. The van der Waals surface area contributed by atoms with Gasteiger partial charge in [0.05, 0.1) is 0 Å². The normalized spacial score (nSPS) is 8.00. The van der Waals surface area contributed by atoms with Crippen LogP contribution in [0.1, 0.15) is 5.56 Å². The molecule has 0 amide bonds. The summed E-state index contributed by atoms with van der Waals surface area (Å²) in [7, 11) is 0. The van der Waals surface area contributed by atoms with E-state index in [-0.39, 0.29) is 0 Å². The largest absolute Gasteiger partial charge is 0.398 e. The highest BCUT2D eigenvalue weighted by molar-refractivity contribution is 9.10. The molecule has 0 atom stereocenters. The number of rotatable bonds is 0. The van der Waals surface area contributed by atoms with Gasteiger partial charge in [-0.15, -0.1) is 0 Å². The van der Waals surface area contributed by atoms with Crippen LogP contribution in [0.5, 0.6) is 0 Å². The molecule has 1 rings (SSSR count). The summed E-state index contributed by atoms with van der Waals surface area (Å²) in [6, 6.07) is 7.03. The standard InChI is InChI=1S/C9H5BrN2/c10-8-6-7(2-1-5-11)3-4-9(8)12/h3-4,6H,12H2. The molecular weight excluding hydrogens is 216 g/mol. The number of hydrogen-bond donors (Lipinski definition) is 1. The summed E-state index contributed by atoms with van der Waals surface area (Å²) < 4.78 is 0.798. The monoisotopic (exact) mass is 220 g/mol. The molecule has 0 fully saturated rings. The van der Waals surface area contributed by atoms with Crippen molar-refractivity contribution in [1.29, 1.82) is 5.26 Å². The lowest BCUT2D eigenvalue weighted by molar-refractivity contribution is 1.54. The molecule has 3 heteroatoms. The molecule has 0 aliphatic rings. The lowest BCUT2D eigenvalue weighted by Gasteiger charge is -1.96. The smallest absolute Gasteiger partial charge is 0.152 e. The van der Waals surface area contributed by atoms with Crippen molar-refractivity contribution in [2.24, 2.45) is 0 Å². The Kier molecular flexibility index (Phi) is 2.74. The molecule has 2 N–H and O–H groups in total. The van der Waals surface area contributed by atoms with Crippen molar-refractivity contribution in [2.75, 3.05) is 5.73 Å². The van der Waals surface area contributed by atoms with Crippen LogP contribution < -0.4 is 5.73 Å². The van der Waals surface area contributed by atoms with Crippen LogP contribution in [0.3, 0.4) is 0 Å². The molecule has 1 aromatic carbocycles. The maximum atomic E-state index is 8.19. The minimum atomic E-state index is 0.664. The van der Waals surface area contributed by atoms with Crippen LogP contribution in [0.15, 0.2) is 22.7 Å². The Hall–Kier alpha value is -1.45. The molecule has 0 spiro atoms. The van der Waals surface area contributed by atoms with E-state index in [0.29, 0.717) is 5.69 Å². The Morgan fingerprint density at radius 1 is 1.42 bits per heavy atom. The first kappa shape index (κ1) is 8.64. The third-order valence-corrected chi connectivity index (χ3v) is 1.95. The van der Waals surface area contributed by atoms with Crippen molar-refractivity contribution in [3.63, 3.8) is 0 Å². The maximum Gasteiger partial charge on any atom is 0.152 e. The van der Waals surface area contributed by atoms with E-state index in [4.69, 9.17) is 11.0 Å². The van der Waals surface area contributed by atoms with Crippen LogP contribution in [-0.4, -0.2) is 0 Å². The minimum Gasteiger partial charge on any atom is -0.398 e. The summed E-state index contributed by atoms with van der Waals surface area (Å²) in [5, 5.41) is 8.19. The zero-order chi connectivity index (χ0) is 8.97. The number of nitriles is 1. The molecule has 0 bridgehead atoms. The predicted octanol–water partition coefficient (Wildman–Crippen LogP) is 1.91. The van der Waals surface area contributed by atoms with Crippen LogP contribution in [0.25, 0.3) is 0 Å². The molecular formula is C9H5BrN2. The Morgan fingerprint density at radius 3 is 2.75 bits per heavy atom. The number of halogens is 1. The van der Waals surface area contributed by atoms with Crippen LogP contribution in [0.4, 0.5) is 5.69 Å². The van der Waals surface area contributed by atoms with Crippen molar-refractivity contribution < 1.29 is 0 Å². The van der Waals surface area contributed by atoms with Crippen molar-refractivity contribution in [3.05, 3.63) is 28.2 Å². The number of hydrogen-bond acceptors (Lipinski definition) is 2. The van der Waals surface area contributed by atoms with Gasteiger partial charge < -0.3 is 5.73 Å². The SMILES string of the molecule is N#CC#Cc1ccc(N)c(Br)c1. The Morgan fingerprint density at radius 2 is 2.17 bits per heavy atom. The van der Waals surface area contributed by atoms with Gasteiger partial charge >= 0.3 is 0 Å². The lowest BCUT2D eigenvalue weighted by Crippen LogP contribution is -1.86. The second-order valence-electron chi connectivity index (χ2n) is 2.10. The number of nitrogens with two attached hydrogens (primary N) is 1. The first-order chi connectivity index (χ1) is 5.74. The molecule has 0 radical (unpaired) electrons. The number of nitrogen functional groups attached to an aromatic ring is 1. The Balaban J connectivity index is 3.07. The fourth-order valence-corrected chi connectivity index (χ4v) is 1.08. The van der Waals surface area contributed by atoms with Crippen LogP contribution >= 0.6 is 15.9 Å². The lowest BCUT2D eigenvalue weighted by atomic mass is 10.2. The molecule has 0 aromatic heterocycles. The maximum absolute atomic E-state index is 8.19. The highest BCUT2D eigenvalue weighted by Crippen LogP contribution is 2.19. The summed E-state index contributed by atoms with van der Waals surface area (Å²) in [6.07, 6.45) is 0. The fourth-order valence-electron chi connectivity index (χ4n) is 0.705. The molecule has 0 aliphatic heterocycles. The van der Waals surface area contributed by atoms with E-state index in [1.807, 2.05) is 0 Å². The molecule has 0 aliphatic carbocycles. The van der Waals surface area contributed by atoms with Crippen molar-refractivity contribution in [2.45, 2.75) is 0 Å². The van der Waals surface area contributed by atoms with Gasteiger partial charge in [0.1, 0.15) is 0 Å². The van der Waals surface area contributed by atoms with Gasteiger partial charge in [0.2, 0.25) is 0 Å². The second kappa shape index (κ2) is 3.80. The van der Waals surface area contributed by atoms with Gasteiger partial charge in [0.25, 0.3) is 0 Å². The van der Waals surface area contributed by atoms with Crippen molar-refractivity contribution in [3.8, 4) is 17.9 Å². The highest BCUT2D eigenvalue weighted by Gasteiger charge is 1.94. The number of nitrogens with zero attached hydrogens (tertiary/aromatic N) is 1. The van der Waals surface area contributed by atoms with Gasteiger partial charge in [0.15, 0.2) is 6.07 Å². The van der Waals surface area contributed by atoms with E-state index in [2.05, 4.69) is 27.8 Å². The summed E-state index contributed by atoms with van der Waals surface area (Å²) >= 11 is 3.26. The van der Waals surface area contributed by atoms with Gasteiger partial charge in [0, 0.05) is 21.6 Å². The molecule has 0 saturated heterocycles. The quantitative estimate of drug-likeness (QED) is 0.537. The van der Waals surface area contributed by atoms with Gasteiger partial charge in [-0.25, -0.2) is 0 Å². The number of benzene rings is 1. The third-order valence-electron chi connectivity index (χ3n) is 1.26. The van der Waals surface area contributed by atoms with Crippen molar-refractivity contribution in [1.82, 2.24) is 0 Å². The first-order valence-electron chi connectivity index (χ1n) is 3.19. The van der Waals surface area contributed by atoms with E-state index < -0.39 is 0 Å². The summed E-state index contributed by atoms with van der Waals surface area (Å²) in [4.78, 5) is 0. The van der Waals surface area contributed by atoms with E-state index in [0.717, 1.165) is 10.0 Å². The molecule has 0 unspecified atom stereocenters. The minimum absolute atomic E-state index is 0.664. The van der Waals surface area contributed by atoms with Crippen LogP contribution in [0.2, 0.25) is 0 Å². The third kappa shape index (κ3) is 2.02. The van der Waals surface area contributed by atoms with E-state index in [9.17, 15) is 0 Å². The van der Waals surface area contributed by atoms with E-state index >= 15 is 0 Å². The molecule has 12 heavy (non-hydrogen) atoms. The van der Waals surface area contributed by atoms with Crippen LogP contribution in [-0.2, 0) is 0 Å². The van der Waals surface area contributed by atoms with Crippen molar-refractivity contribution >= 4 is 21.6 Å². The van der Waals surface area contributed by atoms with E-state index in [1.165, 1.54) is 0 Å². The Labute approximate surface area is 79.1 Å². The topological polar surface area (TPSA) is 49.8 Å². The summed E-state index contributed by atoms with van der Waals surface area (Å²) in [5.41, 5.74) is 7.00. The zero-order valence-electron chi connectivity index (χ0n) is 6.13.